The van der Waals surface area contributed by atoms with Crippen molar-refractivity contribution in [1.29, 1.82) is 0 Å². The van der Waals surface area contributed by atoms with Gasteiger partial charge >= 0.3 is 0 Å². The molecule has 1 rings (SSSR count). The van der Waals surface area contributed by atoms with E-state index in [1.807, 2.05) is 30.3 Å². The van der Waals surface area contributed by atoms with Gasteiger partial charge in [0.15, 0.2) is 0 Å². The SMILES string of the molecule is NC(=O)/C=C/C=C(\Cl)c1ccccc1. The fraction of sp³-hybridized carbons (Fsp3) is 0. The van der Waals surface area contributed by atoms with Gasteiger partial charge in [-0.05, 0) is 11.6 Å². The van der Waals surface area contributed by atoms with Gasteiger partial charge < -0.3 is 5.73 Å². The lowest BCUT2D eigenvalue weighted by molar-refractivity contribution is -0.113. The Morgan fingerprint density at radius 3 is 2.50 bits per heavy atom. The van der Waals surface area contributed by atoms with Crippen LogP contribution >= 0.6 is 11.6 Å². The zero-order valence-corrected chi connectivity index (χ0v) is 8.24. The molecule has 0 saturated carbocycles. The van der Waals surface area contributed by atoms with Gasteiger partial charge in [-0.25, -0.2) is 0 Å². The minimum Gasteiger partial charge on any atom is -0.366 e. The van der Waals surface area contributed by atoms with Crippen molar-refractivity contribution < 1.29 is 4.79 Å². The molecule has 2 nitrogen and oxygen atoms in total. The van der Waals surface area contributed by atoms with Crippen LogP contribution in [0.4, 0.5) is 0 Å². The maximum atomic E-state index is 10.4. The van der Waals surface area contributed by atoms with Crippen LogP contribution in [0, 0.1) is 0 Å². The average molecular weight is 208 g/mol. The van der Waals surface area contributed by atoms with Gasteiger partial charge in [-0.15, -0.1) is 0 Å². The summed E-state index contributed by atoms with van der Waals surface area (Å²) in [5.41, 5.74) is 5.83. The fourth-order valence-electron chi connectivity index (χ4n) is 0.921. The standard InChI is InChI=1S/C11H10ClNO/c12-10(7-4-8-11(13)14)9-5-2-1-3-6-9/h1-8H,(H2,13,14)/b8-4+,10-7-. The van der Waals surface area contributed by atoms with Crippen molar-refractivity contribution in [3.8, 4) is 0 Å². The van der Waals surface area contributed by atoms with Crippen molar-refractivity contribution in [2.75, 3.05) is 0 Å². The van der Waals surface area contributed by atoms with Crippen LogP contribution in [0.5, 0.6) is 0 Å². The second kappa shape index (κ2) is 5.25. The molecule has 0 radical (unpaired) electrons. The third-order valence-corrected chi connectivity index (χ3v) is 1.90. The third kappa shape index (κ3) is 3.46. The van der Waals surface area contributed by atoms with E-state index in [2.05, 4.69) is 0 Å². The molecule has 0 aliphatic carbocycles. The van der Waals surface area contributed by atoms with Crippen LogP contribution in [0.15, 0.2) is 48.6 Å². The topological polar surface area (TPSA) is 43.1 Å². The summed E-state index contributed by atoms with van der Waals surface area (Å²) >= 11 is 5.95. The number of carbonyl (C=O) groups is 1. The van der Waals surface area contributed by atoms with Crippen molar-refractivity contribution >= 4 is 22.5 Å². The Kier molecular flexibility index (Phi) is 3.95. The van der Waals surface area contributed by atoms with Gasteiger partial charge in [-0.1, -0.05) is 48.0 Å². The van der Waals surface area contributed by atoms with Crippen LogP contribution in [0.2, 0.25) is 0 Å². The Morgan fingerprint density at radius 1 is 1.29 bits per heavy atom. The Morgan fingerprint density at radius 2 is 1.93 bits per heavy atom. The van der Waals surface area contributed by atoms with E-state index < -0.39 is 5.91 Å². The number of benzene rings is 1. The largest absolute Gasteiger partial charge is 0.366 e. The summed E-state index contributed by atoms with van der Waals surface area (Å²) in [5, 5.41) is 0.572. The molecule has 0 aromatic heterocycles. The average Bonchev–Trinajstić information content (AvgIpc) is 2.18. The number of amides is 1. The zero-order chi connectivity index (χ0) is 10.4. The molecule has 14 heavy (non-hydrogen) atoms. The lowest BCUT2D eigenvalue weighted by Crippen LogP contribution is -2.04. The molecule has 0 saturated heterocycles. The van der Waals surface area contributed by atoms with E-state index >= 15 is 0 Å². The highest BCUT2D eigenvalue weighted by Gasteiger charge is 1.93. The molecule has 0 bridgehead atoms. The minimum absolute atomic E-state index is 0.487. The maximum absolute atomic E-state index is 10.4. The molecule has 72 valence electrons. The molecule has 3 heteroatoms. The molecule has 0 atom stereocenters. The summed E-state index contributed by atoms with van der Waals surface area (Å²) in [6.07, 6.45) is 4.41. The first-order chi connectivity index (χ1) is 6.70. The van der Waals surface area contributed by atoms with E-state index in [9.17, 15) is 4.79 Å². The monoisotopic (exact) mass is 207 g/mol. The van der Waals surface area contributed by atoms with E-state index in [-0.39, 0.29) is 0 Å². The summed E-state index contributed by atoms with van der Waals surface area (Å²) in [5.74, 6) is -0.487. The summed E-state index contributed by atoms with van der Waals surface area (Å²) in [6.45, 7) is 0. The van der Waals surface area contributed by atoms with E-state index in [0.717, 1.165) is 5.56 Å². The zero-order valence-electron chi connectivity index (χ0n) is 7.48. The first-order valence-corrected chi connectivity index (χ1v) is 4.46. The van der Waals surface area contributed by atoms with E-state index in [1.54, 1.807) is 6.08 Å². The Hall–Kier alpha value is -1.54. The molecule has 1 amide bonds. The lowest BCUT2D eigenvalue weighted by atomic mass is 10.2. The van der Waals surface area contributed by atoms with Crippen LogP contribution < -0.4 is 5.73 Å². The Labute approximate surface area is 87.7 Å². The highest BCUT2D eigenvalue weighted by molar-refractivity contribution is 6.48. The maximum Gasteiger partial charge on any atom is 0.241 e. The number of hydrogen-bond donors (Lipinski definition) is 1. The number of carbonyl (C=O) groups excluding carboxylic acids is 1. The quantitative estimate of drug-likeness (QED) is 0.600. The molecule has 0 aliphatic heterocycles. The van der Waals surface area contributed by atoms with Crippen LogP contribution in [-0.4, -0.2) is 5.91 Å². The van der Waals surface area contributed by atoms with E-state index in [0.29, 0.717) is 5.03 Å². The molecule has 0 fully saturated rings. The van der Waals surface area contributed by atoms with Gasteiger partial charge in [-0.2, -0.15) is 0 Å². The molecule has 0 aliphatic rings. The molecule has 1 aromatic carbocycles. The van der Waals surface area contributed by atoms with Crippen LogP contribution in [0.25, 0.3) is 5.03 Å². The van der Waals surface area contributed by atoms with E-state index in [1.165, 1.54) is 12.2 Å². The number of allylic oxidation sites excluding steroid dienone is 2. The second-order valence-electron chi connectivity index (χ2n) is 2.64. The summed E-state index contributed by atoms with van der Waals surface area (Å²) < 4.78 is 0. The van der Waals surface area contributed by atoms with Gasteiger partial charge in [0.05, 0.1) is 0 Å². The first-order valence-electron chi connectivity index (χ1n) is 4.09. The summed E-state index contributed by atoms with van der Waals surface area (Å²) in [7, 11) is 0. The Balaban J connectivity index is 2.75. The molecular formula is C11H10ClNO. The van der Waals surface area contributed by atoms with Crippen LogP contribution in [-0.2, 0) is 4.79 Å². The number of halogens is 1. The highest BCUT2D eigenvalue weighted by Crippen LogP contribution is 2.17. The van der Waals surface area contributed by atoms with E-state index in [4.69, 9.17) is 17.3 Å². The molecule has 0 heterocycles. The predicted octanol–water partition coefficient (Wildman–Crippen LogP) is 2.31. The predicted molar refractivity (Wildman–Crippen MR) is 58.6 cm³/mol. The highest BCUT2D eigenvalue weighted by atomic mass is 35.5. The third-order valence-electron chi connectivity index (χ3n) is 1.55. The minimum atomic E-state index is -0.487. The van der Waals surface area contributed by atoms with Crippen molar-refractivity contribution in [2.45, 2.75) is 0 Å². The van der Waals surface area contributed by atoms with Gasteiger partial charge in [0, 0.05) is 11.1 Å². The molecular weight excluding hydrogens is 198 g/mol. The fourth-order valence-corrected chi connectivity index (χ4v) is 1.12. The summed E-state index contributed by atoms with van der Waals surface area (Å²) in [4.78, 5) is 10.4. The first kappa shape index (κ1) is 10.5. The smallest absolute Gasteiger partial charge is 0.241 e. The summed E-state index contributed by atoms with van der Waals surface area (Å²) in [6, 6.07) is 9.47. The van der Waals surface area contributed by atoms with Gasteiger partial charge in [-0.3, -0.25) is 4.79 Å². The van der Waals surface area contributed by atoms with Crippen molar-refractivity contribution in [3.05, 3.63) is 54.1 Å². The van der Waals surface area contributed by atoms with Crippen LogP contribution in [0.3, 0.4) is 0 Å². The van der Waals surface area contributed by atoms with Gasteiger partial charge in [0.1, 0.15) is 0 Å². The number of rotatable bonds is 3. The molecule has 0 spiro atoms. The molecule has 0 unspecified atom stereocenters. The lowest BCUT2D eigenvalue weighted by Gasteiger charge is -1.95. The van der Waals surface area contributed by atoms with Crippen molar-refractivity contribution in [1.82, 2.24) is 0 Å². The number of hydrogen-bond acceptors (Lipinski definition) is 1. The van der Waals surface area contributed by atoms with Crippen molar-refractivity contribution in [3.63, 3.8) is 0 Å². The molecule has 1 aromatic rings. The Bertz CT molecular complexity index is 368. The molecule has 2 N–H and O–H groups in total. The number of nitrogens with two attached hydrogens (primary N) is 1. The normalized spacial score (nSPS) is 11.9. The van der Waals surface area contributed by atoms with Crippen molar-refractivity contribution in [2.24, 2.45) is 5.73 Å². The van der Waals surface area contributed by atoms with Crippen LogP contribution in [0.1, 0.15) is 5.56 Å². The second-order valence-corrected chi connectivity index (χ2v) is 3.05. The van der Waals surface area contributed by atoms with Gasteiger partial charge in [0.25, 0.3) is 0 Å². The number of primary amides is 1. The van der Waals surface area contributed by atoms with Gasteiger partial charge in [0.2, 0.25) is 5.91 Å².